The number of hydrogen-bond donors (Lipinski definition) is 1. The van der Waals surface area contributed by atoms with Crippen LogP contribution in [-0.2, 0) is 13.0 Å². The highest BCUT2D eigenvalue weighted by atomic mass is 32.1. The first-order valence-corrected chi connectivity index (χ1v) is 7.40. The fourth-order valence-electron chi connectivity index (χ4n) is 2.38. The molecule has 96 valence electrons. The van der Waals surface area contributed by atoms with Gasteiger partial charge in [-0.25, -0.2) is 4.98 Å². The van der Waals surface area contributed by atoms with Gasteiger partial charge in [0.15, 0.2) is 0 Å². The summed E-state index contributed by atoms with van der Waals surface area (Å²) in [5.41, 5.74) is 0. The van der Waals surface area contributed by atoms with Gasteiger partial charge in [0.05, 0.1) is 6.54 Å². The third-order valence-electron chi connectivity index (χ3n) is 3.46. The minimum Gasteiger partial charge on any atom is -0.314 e. The van der Waals surface area contributed by atoms with Gasteiger partial charge in [-0.15, -0.1) is 11.3 Å². The molecule has 0 bridgehead atoms. The summed E-state index contributed by atoms with van der Waals surface area (Å²) in [4.78, 5) is 8.51. The van der Waals surface area contributed by atoms with Crippen molar-refractivity contribution in [3.8, 4) is 0 Å². The van der Waals surface area contributed by atoms with Crippen LogP contribution < -0.4 is 5.32 Å². The fourth-order valence-corrected chi connectivity index (χ4v) is 3.27. The largest absolute Gasteiger partial charge is 0.314 e. The number of nitrogens with zero attached hydrogens (tertiary/aromatic N) is 2. The summed E-state index contributed by atoms with van der Waals surface area (Å²) >= 11 is 1.87. The van der Waals surface area contributed by atoms with Crippen LogP contribution in [0.1, 0.15) is 30.7 Å². The molecule has 1 saturated heterocycles. The number of rotatable bonds is 4. The first-order valence-electron chi connectivity index (χ1n) is 6.59. The summed E-state index contributed by atoms with van der Waals surface area (Å²) in [6, 6.07) is 0.651. The molecule has 17 heavy (non-hydrogen) atoms. The van der Waals surface area contributed by atoms with E-state index >= 15 is 0 Å². The Kier molecular flexibility index (Phi) is 4.54. The molecule has 4 heteroatoms. The van der Waals surface area contributed by atoms with Crippen LogP contribution in [-0.4, -0.2) is 35.6 Å². The number of hydrogen-bond acceptors (Lipinski definition) is 4. The van der Waals surface area contributed by atoms with Gasteiger partial charge >= 0.3 is 0 Å². The normalized spacial score (nSPS) is 22.2. The van der Waals surface area contributed by atoms with E-state index in [0.29, 0.717) is 12.0 Å². The van der Waals surface area contributed by atoms with Gasteiger partial charge in [-0.05, 0) is 12.3 Å². The number of piperazine rings is 1. The Morgan fingerprint density at radius 2 is 2.41 bits per heavy atom. The van der Waals surface area contributed by atoms with Gasteiger partial charge in [0, 0.05) is 36.8 Å². The standard InChI is InChI=1S/C13H23N3S/c1-4-11-7-15-13(17-11)9-16-6-5-14-8-12(16)10(2)3/h7,10,12,14H,4-6,8-9H2,1-3H3. The first kappa shape index (κ1) is 13.0. The van der Waals surface area contributed by atoms with Crippen LogP contribution in [0.25, 0.3) is 0 Å². The van der Waals surface area contributed by atoms with Crippen molar-refractivity contribution in [1.29, 1.82) is 0 Å². The van der Waals surface area contributed by atoms with Crippen molar-refractivity contribution in [2.75, 3.05) is 19.6 Å². The highest BCUT2D eigenvalue weighted by molar-refractivity contribution is 7.11. The van der Waals surface area contributed by atoms with E-state index in [-0.39, 0.29) is 0 Å². The maximum absolute atomic E-state index is 4.53. The maximum Gasteiger partial charge on any atom is 0.107 e. The van der Waals surface area contributed by atoms with Crippen LogP contribution in [0.3, 0.4) is 0 Å². The molecule has 2 heterocycles. The lowest BCUT2D eigenvalue weighted by Crippen LogP contribution is -2.52. The molecule has 1 fully saturated rings. The van der Waals surface area contributed by atoms with Crippen molar-refractivity contribution in [2.24, 2.45) is 5.92 Å². The Labute approximate surface area is 108 Å². The van der Waals surface area contributed by atoms with Crippen LogP contribution >= 0.6 is 11.3 Å². The van der Waals surface area contributed by atoms with Crippen molar-refractivity contribution in [3.05, 3.63) is 16.1 Å². The summed E-state index contributed by atoms with van der Waals surface area (Å²) in [6.07, 6.45) is 3.14. The van der Waals surface area contributed by atoms with Crippen molar-refractivity contribution >= 4 is 11.3 Å². The molecular formula is C13H23N3S. The number of nitrogens with one attached hydrogen (secondary N) is 1. The second-order valence-electron chi connectivity index (χ2n) is 5.06. The van der Waals surface area contributed by atoms with Gasteiger partial charge in [0.25, 0.3) is 0 Å². The molecule has 0 amide bonds. The zero-order valence-corrected chi connectivity index (χ0v) is 11.9. The third-order valence-corrected chi connectivity index (χ3v) is 4.58. The smallest absolute Gasteiger partial charge is 0.107 e. The third kappa shape index (κ3) is 3.27. The fraction of sp³-hybridized carbons (Fsp3) is 0.769. The monoisotopic (exact) mass is 253 g/mol. The summed E-state index contributed by atoms with van der Waals surface area (Å²) in [5.74, 6) is 0.702. The zero-order valence-electron chi connectivity index (χ0n) is 11.1. The molecule has 3 nitrogen and oxygen atoms in total. The Bertz CT molecular complexity index is 348. The van der Waals surface area contributed by atoms with Crippen molar-refractivity contribution in [3.63, 3.8) is 0 Å². The molecule has 0 spiro atoms. The molecule has 0 aromatic carbocycles. The summed E-state index contributed by atoms with van der Waals surface area (Å²) in [5, 5.41) is 4.76. The van der Waals surface area contributed by atoms with Crippen LogP contribution in [0.5, 0.6) is 0 Å². The lowest BCUT2D eigenvalue weighted by atomic mass is 10.0. The molecule has 1 aliphatic heterocycles. The molecule has 0 radical (unpaired) electrons. The average Bonchev–Trinajstić information content (AvgIpc) is 2.77. The highest BCUT2D eigenvalue weighted by Gasteiger charge is 2.25. The van der Waals surface area contributed by atoms with Crippen LogP contribution in [0.4, 0.5) is 0 Å². The van der Waals surface area contributed by atoms with Crippen LogP contribution in [0, 0.1) is 5.92 Å². The Hall–Kier alpha value is -0.450. The van der Waals surface area contributed by atoms with E-state index < -0.39 is 0 Å². The van der Waals surface area contributed by atoms with Gasteiger partial charge in [-0.3, -0.25) is 4.90 Å². The summed E-state index contributed by atoms with van der Waals surface area (Å²) in [6.45, 7) is 11.2. The van der Waals surface area contributed by atoms with E-state index in [1.807, 2.05) is 17.5 Å². The molecule has 1 atom stereocenters. The predicted molar refractivity (Wildman–Crippen MR) is 73.4 cm³/mol. The minimum absolute atomic E-state index is 0.651. The van der Waals surface area contributed by atoms with E-state index in [1.165, 1.54) is 9.88 Å². The highest BCUT2D eigenvalue weighted by Crippen LogP contribution is 2.20. The molecule has 0 aliphatic carbocycles. The van der Waals surface area contributed by atoms with E-state index in [9.17, 15) is 0 Å². The molecule has 1 aromatic rings. The second kappa shape index (κ2) is 5.94. The van der Waals surface area contributed by atoms with Crippen molar-refractivity contribution in [1.82, 2.24) is 15.2 Å². The zero-order chi connectivity index (χ0) is 12.3. The maximum atomic E-state index is 4.53. The van der Waals surface area contributed by atoms with Crippen LogP contribution in [0.2, 0.25) is 0 Å². The molecule has 1 unspecified atom stereocenters. The second-order valence-corrected chi connectivity index (χ2v) is 6.26. The number of thiazole rings is 1. The molecule has 1 N–H and O–H groups in total. The van der Waals surface area contributed by atoms with Crippen LogP contribution in [0.15, 0.2) is 6.20 Å². The molecule has 2 rings (SSSR count). The quantitative estimate of drug-likeness (QED) is 0.891. The Morgan fingerprint density at radius 1 is 1.59 bits per heavy atom. The molecule has 1 aromatic heterocycles. The predicted octanol–water partition coefficient (Wildman–Crippen LogP) is 2.14. The summed E-state index contributed by atoms with van der Waals surface area (Å²) < 4.78 is 0. The molecular weight excluding hydrogens is 230 g/mol. The van der Waals surface area contributed by atoms with Crippen molar-refractivity contribution in [2.45, 2.75) is 39.8 Å². The summed E-state index contributed by atoms with van der Waals surface area (Å²) in [7, 11) is 0. The van der Waals surface area contributed by atoms with Gasteiger partial charge in [0.2, 0.25) is 0 Å². The van der Waals surface area contributed by atoms with E-state index in [2.05, 4.69) is 36.0 Å². The topological polar surface area (TPSA) is 28.2 Å². The minimum atomic E-state index is 0.651. The molecule has 0 saturated carbocycles. The lowest BCUT2D eigenvalue weighted by Gasteiger charge is -2.38. The van der Waals surface area contributed by atoms with E-state index in [4.69, 9.17) is 0 Å². The number of aromatic nitrogens is 1. The van der Waals surface area contributed by atoms with Gasteiger partial charge < -0.3 is 5.32 Å². The van der Waals surface area contributed by atoms with Gasteiger partial charge in [0.1, 0.15) is 5.01 Å². The first-order chi connectivity index (χ1) is 8.20. The van der Waals surface area contributed by atoms with E-state index in [0.717, 1.165) is 32.6 Å². The lowest BCUT2D eigenvalue weighted by molar-refractivity contribution is 0.117. The van der Waals surface area contributed by atoms with Gasteiger partial charge in [-0.2, -0.15) is 0 Å². The van der Waals surface area contributed by atoms with Gasteiger partial charge in [-0.1, -0.05) is 20.8 Å². The van der Waals surface area contributed by atoms with Crippen molar-refractivity contribution < 1.29 is 0 Å². The number of aryl methyl sites for hydroxylation is 1. The Balaban J connectivity index is 2.00. The average molecular weight is 253 g/mol. The SMILES string of the molecule is CCc1cnc(CN2CCNCC2C(C)C)s1. The molecule has 1 aliphatic rings. The van der Waals surface area contributed by atoms with E-state index in [1.54, 1.807) is 0 Å². The Morgan fingerprint density at radius 3 is 3.06 bits per heavy atom.